The molecule has 1 heterocycles. The van der Waals surface area contributed by atoms with E-state index in [2.05, 4.69) is 38.4 Å². The van der Waals surface area contributed by atoms with Gasteiger partial charge in [-0.2, -0.15) is 5.10 Å². The largest absolute Gasteiger partial charge is 0.380 e. The zero-order chi connectivity index (χ0) is 14.6. The number of halogens is 1. The van der Waals surface area contributed by atoms with Crippen LogP contribution < -0.4 is 10.9 Å². The summed E-state index contributed by atoms with van der Waals surface area (Å²) in [5, 5.41) is 9.95. The summed E-state index contributed by atoms with van der Waals surface area (Å²) < 4.78 is 0.564. The second-order valence-corrected chi connectivity index (χ2v) is 8.37. The van der Waals surface area contributed by atoms with Gasteiger partial charge in [0.1, 0.15) is 4.47 Å². The smallest absolute Gasteiger partial charge is 0.280 e. The number of anilines is 1. The Bertz CT molecular complexity index is 577. The van der Waals surface area contributed by atoms with Crippen molar-refractivity contribution < 1.29 is 0 Å². The molecule has 2 N–H and O–H groups in total. The number of nitrogens with zero attached hydrogens (tertiary/aromatic N) is 1. The molecule has 0 radical (unpaired) electrons. The molecule has 4 aliphatic rings. The van der Waals surface area contributed by atoms with Crippen LogP contribution in [0.15, 0.2) is 15.5 Å². The molecule has 5 heteroatoms. The molecular weight excluding hydrogens is 330 g/mol. The third-order valence-electron chi connectivity index (χ3n) is 6.17. The fourth-order valence-corrected chi connectivity index (χ4v) is 5.88. The molecule has 0 saturated heterocycles. The molecule has 1 aromatic heterocycles. The van der Waals surface area contributed by atoms with Crippen LogP contribution in [0.4, 0.5) is 5.69 Å². The van der Waals surface area contributed by atoms with Gasteiger partial charge in [-0.1, -0.05) is 0 Å². The summed E-state index contributed by atoms with van der Waals surface area (Å²) in [6.45, 7) is 2.29. The van der Waals surface area contributed by atoms with Crippen molar-refractivity contribution in [1.29, 1.82) is 0 Å². The summed E-state index contributed by atoms with van der Waals surface area (Å²) in [6, 6.07) is 0.394. The second-order valence-electron chi connectivity index (χ2n) is 7.57. The van der Waals surface area contributed by atoms with Gasteiger partial charge in [-0.3, -0.25) is 4.79 Å². The molecule has 0 amide bonds. The van der Waals surface area contributed by atoms with Gasteiger partial charge in [-0.15, -0.1) is 0 Å². The number of aromatic nitrogens is 2. The molecular formula is C16H22BrN3O. The van der Waals surface area contributed by atoms with Gasteiger partial charge < -0.3 is 5.32 Å². The highest BCUT2D eigenvalue weighted by molar-refractivity contribution is 9.10. The van der Waals surface area contributed by atoms with E-state index in [1.54, 1.807) is 6.20 Å². The zero-order valence-corrected chi connectivity index (χ0v) is 13.9. The Morgan fingerprint density at radius 1 is 1.29 bits per heavy atom. The molecule has 1 atom stereocenters. The number of rotatable bonds is 3. The lowest BCUT2D eigenvalue weighted by atomic mass is 9.48. The van der Waals surface area contributed by atoms with Crippen LogP contribution in [0.5, 0.6) is 0 Å². The van der Waals surface area contributed by atoms with E-state index in [9.17, 15) is 4.79 Å². The van der Waals surface area contributed by atoms with E-state index in [0.29, 0.717) is 15.9 Å². The summed E-state index contributed by atoms with van der Waals surface area (Å²) in [7, 11) is 0. The average Bonchev–Trinajstić information content (AvgIpc) is 2.42. The first-order valence-electron chi connectivity index (χ1n) is 8.05. The van der Waals surface area contributed by atoms with Crippen molar-refractivity contribution in [2.75, 3.05) is 5.32 Å². The Morgan fingerprint density at radius 2 is 1.86 bits per heavy atom. The van der Waals surface area contributed by atoms with Crippen molar-refractivity contribution in [1.82, 2.24) is 10.2 Å². The first kappa shape index (κ1) is 13.8. The Hall–Kier alpha value is -0.840. The Morgan fingerprint density at radius 3 is 2.43 bits per heavy atom. The molecule has 4 nitrogen and oxygen atoms in total. The van der Waals surface area contributed by atoms with Gasteiger partial charge in [0.25, 0.3) is 5.56 Å². The third kappa shape index (κ3) is 2.24. The Kier molecular flexibility index (Phi) is 3.18. The molecule has 21 heavy (non-hydrogen) atoms. The Balaban J connectivity index is 1.59. The first-order chi connectivity index (χ1) is 10.1. The normalized spacial score (nSPS) is 38.5. The van der Waals surface area contributed by atoms with Gasteiger partial charge >= 0.3 is 0 Å². The van der Waals surface area contributed by atoms with Crippen LogP contribution in [0, 0.1) is 23.2 Å². The first-order valence-corrected chi connectivity index (χ1v) is 8.85. The minimum atomic E-state index is -0.169. The van der Waals surface area contributed by atoms with E-state index in [1.165, 1.54) is 38.5 Å². The van der Waals surface area contributed by atoms with Gasteiger partial charge in [0.15, 0.2) is 0 Å². The number of hydrogen-bond acceptors (Lipinski definition) is 3. The highest BCUT2D eigenvalue weighted by Crippen LogP contribution is 2.61. The van der Waals surface area contributed by atoms with Gasteiger partial charge in [0.2, 0.25) is 0 Å². The quantitative estimate of drug-likeness (QED) is 0.875. The maximum atomic E-state index is 11.7. The molecule has 1 unspecified atom stereocenters. The lowest BCUT2D eigenvalue weighted by Crippen LogP contribution is -2.53. The van der Waals surface area contributed by atoms with Crippen LogP contribution >= 0.6 is 15.9 Å². The van der Waals surface area contributed by atoms with Crippen molar-refractivity contribution in [3.63, 3.8) is 0 Å². The van der Waals surface area contributed by atoms with Gasteiger partial charge in [-0.25, -0.2) is 5.10 Å². The molecule has 4 aliphatic carbocycles. The highest BCUT2D eigenvalue weighted by atomic mass is 79.9. The molecule has 5 rings (SSSR count). The minimum Gasteiger partial charge on any atom is -0.380 e. The fraction of sp³-hybridized carbons (Fsp3) is 0.750. The molecule has 0 aromatic carbocycles. The van der Waals surface area contributed by atoms with Gasteiger partial charge in [0.05, 0.1) is 11.9 Å². The van der Waals surface area contributed by atoms with Gasteiger partial charge in [0, 0.05) is 6.04 Å². The summed E-state index contributed by atoms with van der Waals surface area (Å²) >= 11 is 3.37. The molecule has 1 aromatic rings. The van der Waals surface area contributed by atoms with E-state index in [1.807, 2.05) is 0 Å². The van der Waals surface area contributed by atoms with Crippen molar-refractivity contribution in [3.8, 4) is 0 Å². The molecule has 4 fully saturated rings. The number of nitrogens with one attached hydrogen (secondary N) is 2. The number of aromatic amines is 1. The summed E-state index contributed by atoms with van der Waals surface area (Å²) in [4.78, 5) is 11.7. The van der Waals surface area contributed by atoms with Crippen LogP contribution in [0.25, 0.3) is 0 Å². The van der Waals surface area contributed by atoms with Crippen LogP contribution in [0.3, 0.4) is 0 Å². The molecule has 4 bridgehead atoms. The molecule has 0 spiro atoms. The van der Waals surface area contributed by atoms with E-state index in [0.717, 1.165) is 23.4 Å². The topological polar surface area (TPSA) is 57.8 Å². The standard InChI is InChI=1S/C16H22BrN3O/c1-9(19-13-8-18-20-15(21)14(13)17)16-5-10-2-11(6-16)4-12(3-10)7-16/h8-12H,2-7H2,1H3,(H2,19,20,21). The second kappa shape index (κ2) is 4.83. The van der Waals surface area contributed by atoms with Crippen molar-refractivity contribution >= 4 is 21.6 Å². The predicted molar refractivity (Wildman–Crippen MR) is 86.2 cm³/mol. The number of hydrogen-bond donors (Lipinski definition) is 2. The molecule has 114 valence electrons. The predicted octanol–water partition coefficient (Wildman–Crippen LogP) is 3.55. The van der Waals surface area contributed by atoms with Crippen LogP contribution in [0.2, 0.25) is 0 Å². The third-order valence-corrected chi connectivity index (χ3v) is 6.96. The SMILES string of the molecule is CC(Nc1cn[nH]c(=O)c1Br)C12CC3CC(CC(C3)C1)C2. The van der Waals surface area contributed by atoms with Crippen LogP contribution in [-0.2, 0) is 0 Å². The fourth-order valence-electron chi connectivity index (χ4n) is 5.58. The monoisotopic (exact) mass is 351 g/mol. The molecule has 4 saturated carbocycles. The van der Waals surface area contributed by atoms with Crippen LogP contribution in [0.1, 0.15) is 45.4 Å². The zero-order valence-electron chi connectivity index (χ0n) is 12.4. The Labute approximate surface area is 133 Å². The van der Waals surface area contributed by atoms with E-state index in [-0.39, 0.29) is 5.56 Å². The lowest BCUT2D eigenvalue weighted by molar-refractivity contribution is -0.0602. The lowest BCUT2D eigenvalue weighted by Gasteiger charge is -2.59. The van der Waals surface area contributed by atoms with Gasteiger partial charge in [-0.05, 0) is 84.5 Å². The number of H-pyrrole nitrogens is 1. The van der Waals surface area contributed by atoms with Crippen LogP contribution in [-0.4, -0.2) is 16.2 Å². The van der Waals surface area contributed by atoms with Crippen molar-refractivity contribution in [2.45, 2.75) is 51.5 Å². The highest BCUT2D eigenvalue weighted by Gasteiger charge is 2.53. The van der Waals surface area contributed by atoms with Crippen molar-refractivity contribution in [3.05, 3.63) is 21.0 Å². The summed E-state index contributed by atoms with van der Waals surface area (Å²) in [6.07, 6.45) is 10.2. The minimum absolute atomic E-state index is 0.169. The van der Waals surface area contributed by atoms with E-state index < -0.39 is 0 Å². The van der Waals surface area contributed by atoms with E-state index in [4.69, 9.17) is 0 Å². The van der Waals surface area contributed by atoms with E-state index >= 15 is 0 Å². The maximum Gasteiger partial charge on any atom is 0.280 e. The maximum absolute atomic E-state index is 11.7. The molecule has 0 aliphatic heterocycles. The van der Waals surface area contributed by atoms with Crippen molar-refractivity contribution in [2.24, 2.45) is 23.2 Å². The summed E-state index contributed by atoms with van der Waals surface area (Å²) in [5.41, 5.74) is 1.08. The average molecular weight is 352 g/mol. The summed E-state index contributed by atoms with van der Waals surface area (Å²) in [5.74, 6) is 2.84.